The van der Waals surface area contributed by atoms with Gasteiger partial charge in [-0.2, -0.15) is 0 Å². The normalized spacial score (nSPS) is 12.5. The SMILES string of the molecule is CS/C=C(/NC(=O)C(C)(C)C)[P+](c1ccccc1)(c1ccccc1)c1ccccc1. The maximum atomic E-state index is 13.1. The molecule has 1 N–H and O–H groups in total. The smallest absolute Gasteiger partial charge is 0.232 e. The topological polar surface area (TPSA) is 29.1 Å². The fraction of sp³-hybridized carbons (Fsp3) is 0.192. The predicted octanol–water partition coefficient (Wildman–Crippen LogP) is 5.30. The summed E-state index contributed by atoms with van der Waals surface area (Å²) in [6.45, 7) is 5.85. The molecule has 0 radical (unpaired) electrons. The van der Waals surface area contributed by atoms with E-state index in [1.807, 2.05) is 45.2 Å². The molecule has 0 unspecified atom stereocenters. The summed E-state index contributed by atoms with van der Waals surface area (Å²) in [6, 6.07) is 31.7. The minimum absolute atomic E-state index is 0.0231. The maximum Gasteiger partial charge on any atom is 0.232 e. The molecule has 0 heterocycles. The van der Waals surface area contributed by atoms with Crippen LogP contribution in [0.15, 0.2) is 102 Å². The molecule has 30 heavy (non-hydrogen) atoms. The summed E-state index contributed by atoms with van der Waals surface area (Å²) in [5, 5.41) is 9.12. The molecule has 1 amide bonds. The van der Waals surface area contributed by atoms with Crippen LogP contribution in [0.4, 0.5) is 0 Å². The Morgan fingerprint density at radius 3 is 1.43 bits per heavy atom. The largest absolute Gasteiger partial charge is 0.295 e. The molecule has 0 aliphatic carbocycles. The van der Waals surface area contributed by atoms with E-state index in [-0.39, 0.29) is 5.91 Å². The number of thioether (sulfide) groups is 1. The van der Waals surface area contributed by atoms with E-state index in [9.17, 15) is 4.79 Å². The van der Waals surface area contributed by atoms with Crippen LogP contribution >= 0.6 is 19.0 Å². The van der Waals surface area contributed by atoms with Crippen molar-refractivity contribution in [2.75, 3.05) is 6.26 Å². The summed E-state index contributed by atoms with van der Waals surface area (Å²) in [5.74, 6) is 0.0231. The molecular formula is C26H29NOPS+. The summed E-state index contributed by atoms with van der Waals surface area (Å²) in [4.78, 5) is 13.1. The third kappa shape index (κ3) is 4.53. The zero-order chi connectivity index (χ0) is 21.6. The highest BCUT2D eigenvalue weighted by atomic mass is 32.2. The van der Waals surface area contributed by atoms with Crippen molar-refractivity contribution < 1.29 is 4.79 Å². The van der Waals surface area contributed by atoms with Crippen molar-refractivity contribution in [3.8, 4) is 0 Å². The van der Waals surface area contributed by atoms with Crippen molar-refractivity contribution >= 4 is 40.8 Å². The van der Waals surface area contributed by atoms with Gasteiger partial charge in [0, 0.05) is 10.8 Å². The third-order valence-corrected chi connectivity index (χ3v) is 9.77. The van der Waals surface area contributed by atoms with Gasteiger partial charge < -0.3 is 0 Å². The van der Waals surface area contributed by atoms with Crippen LogP contribution < -0.4 is 21.2 Å². The van der Waals surface area contributed by atoms with E-state index in [1.165, 1.54) is 15.9 Å². The lowest BCUT2D eigenvalue weighted by Gasteiger charge is -2.30. The number of hydrogen-bond donors (Lipinski definition) is 1. The summed E-state index contributed by atoms with van der Waals surface area (Å²) in [6.07, 6.45) is 2.04. The minimum Gasteiger partial charge on any atom is -0.295 e. The van der Waals surface area contributed by atoms with Crippen molar-refractivity contribution in [1.29, 1.82) is 0 Å². The first-order valence-electron chi connectivity index (χ1n) is 10.0. The summed E-state index contributed by atoms with van der Waals surface area (Å²) >= 11 is 1.62. The first kappa shape index (κ1) is 22.3. The van der Waals surface area contributed by atoms with Gasteiger partial charge in [0.25, 0.3) is 0 Å². The van der Waals surface area contributed by atoms with Crippen molar-refractivity contribution in [3.63, 3.8) is 0 Å². The number of carbonyl (C=O) groups is 1. The summed E-state index contributed by atoms with van der Waals surface area (Å²) in [5.41, 5.74) is 0.482. The Bertz CT molecular complexity index is 899. The van der Waals surface area contributed by atoms with Crippen LogP contribution in [0.1, 0.15) is 20.8 Å². The van der Waals surface area contributed by atoms with Gasteiger partial charge in [0.1, 0.15) is 15.9 Å². The highest BCUT2D eigenvalue weighted by molar-refractivity contribution is 8.03. The molecular weight excluding hydrogens is 405 g/mol. The lowest BCUT2D eigenvalue weighted by Crippen LogP contribution is -2.41. The molecule has 0 saturated carbocycles. The predicted molar refractivity (Wildman–Crippen MR) is 134 cm³/mol. The average molecular weight is 435 g/mol. The summed E-state index contributed by atoms with van der Waals surface area (Å²) < 4.78 is 0. The molecule has 0 aliphatic rings. The van der Waals surface area contributed by atoms with Crippen molar-refractivity contribution in [2.24, 2.45) is 5.41 Å². The van der Waals surface area contributed by atoms with Crippen molar-refractivity contribution in [3.05, 3.63) is 102 Å². The van der Waals surface area contributed by atoms with E-state index in [1.54, 1.807) is 11.8 Å². The second-order valence-corrected chi connectivity index (χ2v) is 12.2. The highest BCUT2D eigenvalue weighted by Gasteiger charge is 2.51. The molecule has 3 aromatic rings. The lowest BCUT2D eigenvalue weighted by molar-refractivity contribution is -0.127. The van der Waals surface area contributed by atoms with Gasteiger partial charge in [-0.05, 0) is 42.7 Å². The molecule has 154 valence electrons. The van der Waals surface area contributed by atoms with E-state index in [4.69, 9.17) is 0 Å². The van der Waals surface area contributed by atoms with Gasteiger partial charge in [0.15, 0.2) is 12.7 Å². The van der Waals surface area contributed by atoms with E-state index >= 15 is 0 Å². The Morgan fingerprint density at radius 2 is 1.13 bits per heavy atom. The van der Waals surface area contributed by atoms with Crippen LogP contribution in [0.3, 0.4) is 0 Å². The molecule has 3 aromatic carbocycles. The van der Waals surface area contributed by atoms with Gasteiger partial charge in [-0.15, -0.1) is 11.8 Å². The van der Waals surface area contributed by atoms with E-state index < -0.39 is 12.7 Å². The number of hydrogen-bond acceptors (Lipinski definition) is 2. The van der Waals surface area contributed by atoms with E-state index in [0.717, 1.165) is 5.44 Å². The monoisotopic (exact) mass is 434 g/mol. The molecule has 0 fully saturated rings. The fourth-order valence-electron chi connectivity index (χ4n) is 3.43. The van der Waals surface area contributed by atoms with Crippen molar-refractivity contribution in [1.82, 2.24) is 5.32 Å². The Kier molecular flexibility index (Phi) is 7.18. The van der Waals surface area contributed by atoms with Gasteiger partial charge in [0.05, 0.1) is 0 Å². The molecule has 0 atom stereocenters. The van der Waals surface area contributed by atoms with Crippen LogP contribution in [0.25, 0.3) is 0 Å². The van der Waals surface area contributed by atoms with Gasteiger partial charge in [-0.3, -0.25) is 10.1 Å². The van der Waals surface area contributed by atoms with Crippen LogP contribution in [-0.4, -0.2) is 12.2 Å². The zero-order valence-electron chi connectivity index (χ0n) is 18.0. The third-order valence-electron chi connectivity index (χ3n) is 4.94. The van der Waals surface area contributed by atoms with E-state index in [0.29, 0.717) is 0 Å². The highest BCUT2D eigenvalue weighted by Crippen LogP contribution is 2.61. The van der Waals surface area contributed by atoms with Gasteiger partial charge in [0.2, 0.25) is 5.91 Å². The molecule has 0 aromatic heterocycles. The summed E-state index contributed by atoms with van der Waals surface area (Å²) in [7, 11) is -2.30. The first-order valence-corrected chi connectivity index (χ1v) is 13.1. The number of amides is 1. The van der Waals surface area contributed by atoms with Gasteiger partial charge >= 0.3 is 0 Å². The molecule has 0 aliphatic heterocycles. The number of rotatable bonds is 6. The Balaban J connectivity index is 2.38. The first-order chi connectivity index (χ1) is 14.4. The molecule has 0 saturated heterocycles. The second kappa shape index (κ2) is 9.64. The molecule has 4 heteroatoms. The number of benzene rings is 3. The van der Waals surface area contributed by atoms with Crippen molar-refractivity contribution in [2.45, 2.75) is 20.8 Å². The van der Waals surface area contributed by atoms with E-state index in [2.05, 4.69) is 83.5 Å². The quantitative estimate of drug-likeness (QED) is 0.533. The average Bonchev–Trinajstić information content (AvgIpc) is 2.76. The van der Waals surface area contributed by atoms with Crippen LogP contribution in [-0.2, 0) is 4.79 Å². The molecule has 2 nitrogen and oxygen atoms in total. The van der Waals surface area contributed by atoms with Gasteiger partial charge in [-0.25, -0.2) is 0 Å². The van der Waals surface area contributed by atoms with Crippen LogP contribution in [0.2, 0.25) is 0 Å². The zero-order valence-corrected chi connectivity index (χ0v) is 19.7. The van der Waals surface area contributed by atoms with Crippen LogP contribution in [0, 0.1) is 5.41 Å². The fourth-order valence-corrected chi connectivity index (χ4v) is 8.51. The maximum absolute atomic E-state index is 13.1. The Morgan fingerprint density at radius 1 is 0.767 bits per heavy atom. The standard InChI is InChI=1S/C26H28NOPS/c1-26(2,3)25(28)27-24(20-30-4)29(21-14-8-5-9-15-21,22-16-10-6-11-17-22)23-18-12-7-13-19-23/h5-20H,1-4H3/p+1/b24-20-. The minimum atomic E-state index is -2.30. The van der Waals surface area contributed by atoms with Crippen LogP contribution in [0.5, 0.6) is 0 Å². The molecule has 0 spiro atoms. The number of carbonyl (C=O) groups excluding carboxylic acids is 1. The number of nitrogens with one attached hydrogen (secondary N) is 1. The van der Waals surface area contributed by atoms with Gasteiger partial charge in [-0.1, -0.05) is 75.4 Å². The molecule has 0 bridgehead atoms. The Labute approximate surface area is 185 Å². The molecule has 3 rings (SSSR count). The Hall–Kier alpha value is -2.35. The lowest BCUT2D eigenvalue weighted by atomic mass is 9.96. The second-order valence-electron chi connectivity index (χ2n) is 8.12.